The summed E-state index contributed by atoms with van der Waals surface area (Å²) >= 11 is 1.36. The Morgan fingerprint density at radius 2 is 1.66 bits per heavy atom. The number of thioether (sulfide) groups is 1. The fourth-order valence-corrected chi connectivity index (χ4v) is 5.64. The van der Waals surface area contributed by atoms with Gasteiger partial charge in [-0.25, -0.2) is 4.68 Å². The number of fused-ring (bicyclic) bond motifs is 1. The van der Waals surface area contributed by atoms with Crippen LogP contribution in [0.2, 0.25) is 0 Å². The Balaban J connectivity index is 1.55. The lowest BCUT2D eigenvalue weighted by molar-refractivity contribution is -0.384. The first-order chi connectivity index (χ1) is 21.3. The van der Waals surface area contributed by atoms with Crippen LogP contribution in [-0.2, 0) is 10.5 Å². The van der Waals surface area contributed by atoms with E-state index in [1.54, 1.807) is 54.1 Å². The summed E-state index contributed by atoms with van der Waals surface area (Å²) in [5.41, 5.74) is 3.00. The predicted molar refractivity (Wildman–Crippen MR) is 165 cm³/mol. The van der Waals surface area contributed by atoms with Crippen molar-refractivity contribution in [3.63, 3.8) is 0 Å². The predicted octanol–water partition coefficient (Wildman–Crippen LogP) is 5.44. The molecule has 4 aromatic rings. The number of amides is 1. The number of hydrogen-bond acceptors (Lipinski definition) is 11. The minimum atomic E-state index is -0.740. The van der Waals surface area contributed by atoms with Gasteiger partial charge in [-0.2, -0.15) is 4.98 Å². The maximum atomic E-state index is 14.0. The smallest absolute Gasteiger partial charge is 0.269 e. The molecule has 228 valence electrons. The molecule has 1 amide bonds. The van der Waals surface area contributed by atoms with Crippen molar-refractivity contribution in [3.05, 3.63) is 93.2 Å². The average molecular weight is 619 g/mol. The first-order valence-corrected chi connectivity index (χ1v) is 14.3. The Hall–Kier alpha value is -5.24. The number of nitro groups is 1. The molecule has 0 saturated heterocycles. The lowest BCUT2D eigenvalue weighted by Gasteiger charge is -2.29. The second-order valence-electron chi connectivity index (χ2n) is 9.55. The molecule has 1 atom stereocenters. The number of hydrogen-bond donors (Lipinski definition) is 2. The number of nitrogens with zero attached hydrogens (tertiary/aromatic N) is 4. The highest BCUT2D eigenvalue weighted by Crippen LogP contribution is 2.44. The zero-order valence-electron chi connectivity index (χ0n) is 24.6. The van der Waals surface area contributed by atoms with E-state index < -0.39 is 11.0 Å². The zero-order valence-corrected chi connectivity index (χ0v) is 25.4. The normalized spacial score (nSPS) is 13.9. The van der Waals surface area contributed by atoms with Crippen molar-refractivity contribution in [2.24, 2.45) is 0 Å². The molecule has 1 aromatic heterocycles. The molecular weight excluding hydrogens is 588 g/mol. The molecule has 2 heterocycles. The van der Waals surface area contributed by atoms with Crippen LogP contribution in [0.25, 0.3) is 0 Å². The van der Waals surface area contributed by atoms with E-state index in [0.717, 1.165) is 5.56 Å². The number of carbonyl (C=O) groups is 1. The van der Waals surface area contributed by atoms with Crippen molar-refractivity contribution in [3.8, 4) is 23.0 Å². The summed E-state index contributed by atoms with van der Waals surface area (Å²) in [4.78, 5) is 29.3. The van der Waals surface area contributed by atoms with Gasteiger partial charge in [0.05, 0.1) is 44.6 Å². The van der Waals surface area contributed by atoms with Gasteiger partial charge in [-0.1, -0.05) is 36.0 Å². The average Bonchev–Trinajstić information content (AvgIpc) is 3.44. The molecule has 5 rings (SSSR count). The molecule has 2 N–H and O–H groups in total. The van der Waals surface area contributed by atoms with Crippen molar-refractivity contribution in [1.82, 2.24) is 14.8 Å². The number of anilines is 2. The van der Waals surface area contributed by atoms with Crippen molar-refractivity contribution in [2.45, 2.75) is 23.9 Å². The van der Waals surface area contributed by atoms with Crippen molar-refractivity contribution >= 4 is 35.0 Å². The number of aromatic nitrogens is 3. The third-order valence-electron chi connectivity index (χ3n) is 6.95. The molecule has 0 fully saturated rings. The van der Waals surface area contributed by atoms with Crippen LogP contribution in [-0.4, -0.2) is 54.0 Å². The summed E-state index contributed by atoms with van der Waals surface area (Å²) in [7, 11) is 6.10. The van der Waals surface area contributed by atoms with Gasteiger partial charge in [-0.3, -0.25) is 14.9 Å². The number of para-hydroxylation sites is 2. The third kappa shape index (κ3) is 5.97. The standard InChI is InChI=1S/C30H30N6O7S/c1-17-25(28(37)32-21-8-6-7-9-22(21)40-2)26(19-14-23(41-3)27(43-5)24(15-19)42-4)35-29(31-17)33-30(34-35)44-16-18-10-12-20(13-11-18)36(38)39/h6-15,26H,16H2,1-5H3,(H,32,37)(H,31,33,34). The minimum absolute atomic E-state index is 0.0206. The fourth-order valence-electron chi connectivity index (χ4n) is 4.85. The number of carbonyl (C=O) groups excluding carboxylic acids is 1. The summed E-state index contributed by atoms with van der Waals surface area (Å²) < 4.78 is 23.8. The Morgan fingerprint density at radius 3 is 2.27 bits per heavy atom. The molecule has 1 aliphatic heterocycles. The van der Waals surface area contributed by atoms with Gasteiger partial charge in [-0.15, -0.1) is 5.10 Å². The third-order valence-corrected chi connectivity index (χ3v) is 7.86. The van der Waals surface area contributed by atoms with Gasteiger partial charge in [0.25, 0.3) is 11.6 Å². The minimum Gasteiger partial charge on any atom is -0.495 e. The van der Waals surface area contributed by atoms with Crippen LogP contribution in [0.3, 0.4) is 0 Å². The first kappa shape index (κ1) is 30.2. The summed E-state index contributed by atoms with van der Waals surface area (Å²) in [6.45, 7) is 1.80. The maximum Gasteiger partial charge on any atom is 0.269 e. The van der Waals surface area contributed by atoms with E-state index in [2.05, 4.69) is 15.6 Å². The number of nitrogens with one attached hydrogen (secondary N) is 2. The lowest BCUT2D eigenvalue weighted by Crippen LogP contribution is -2.31. The highest BCUT2D eigenvalue weighted by molar-refractivity contribution is 7.98. The number of allylic oxidation sites excluding steroid dienone is 1. The van der Waals surface area contributed by atoms with Gasteiger partial charge >= 0.3 is 0 Å². The second-order valence-corrected chi connectivity index (χ2v) is 10.5. The van der Waals surface area contributed by atoms with E-state index in [-0.39, 0.29) is 11.6 Å². The van der Waals surface area contributed by atoms with Gasteiger partial charge in [0.2, 0.25) is 16.9 Å². The van der Waals surface area contributed by atoms with Crippen molar-refractivity contribution in [1.29, 1.82) is 0 Å². The first-order valence-electron chi connectivity index (χ1n) is 13.3. The summed E-state index contributed by atoms with van der Waals surface area (Å²) in [6, 6.07) is 16.3. The van der Waals surface area contributed by atoms with Gasteiger partial charge in [0.1, 0.15) is 11.8 Å². The van der Waals surface area contributed by atoms with Crippen LogP contribution >= 0.6 is 11.8 Å². The highest BCUT2D eigenvalue weighted by Gasteiger charge is 2.36. The highest BCUT2D eigenvalue weighted by atomic mass is 32.2. The van der Waals surface area contributed by atoms with Crippen LogP contribution < -0.4 is 29.6 Å². The molecule has 0 spiro atoms. The summed E-state index contributed by atoms with van der Waals surface area (Å²) in [6.07, 6.45) is 0. The van der Waals surface area contributed by atoms with Crippen LogP contribution in [0.5, 0.6) is 23.0 Å². The fraction of sp³-hybridized carbons (Fsp3) is 0.233. The molecule has 44 heavy (non-hydrogen) atoms. The molecule has 0 aliphatic carbocycles. The molecule has 13 nitrogen and oxygen atoms in total. The van der Waals surface area contributed by atoms with Crippen LogP contribution in [0.1, 0.15) is 24.1 Å². The van der Waals surface area contributed by atoms with E-state index >= 15 is 0 Å². The number of nitro benzene ring substituents is 1. The molecule has 1 aliphatic rings. The zero-order chi connectivity index (χ0) is 31.4. The molecule has 1 unspecified atom stereocenters. The number of benzene rings is 3. The van der Waals surface area contributed by atoms with Gasteiger partial charge in [0.15, 0.2) is 11.5 Å². The number of rotatable bonds is 11. The van der Waals surface area contributed by atoms with Crippen LogP contribution in [0, 0.1) is 10.1 Å². The topological polar surface area (TPSA) is 152 Å². The van der Waals surface area contributed by atoms with E-state index in [9.17, 15) is 14.9 Å². The van der Waals surface area contributed by atoms with E-state index in [4.69, 9.17) is 24.0 Å². The molecule has 0 bridgehead atoms. The van der Waals surface area contributed by atoms with Crippen LogP contribution in [0.15, 0.2) is 77.1 Å². The largest absolute Gasteiger partial charge is 0.495 e. The van der Waals surface area contributed by atoms with Gasteiger partial charge < -0.3 is 29.6 Å². The van der Waals surface area contributed by atoms with Crippen molar-refractivity contribution in [2.75, 3.05) is 39.1 Å². The number of methoxy groups -OCH3 is 4. The summed E-state index contributed by atoms with van der Waals surface area (Å²) in [5.74, 6) is 2.28. The molecule has 3 aromatic carbocycles. The van der Waals surface area contributed by atoms with E-state index in [1.807, 2.05) is 6.07 Å². The number of non-ortho nitro benzene ring substituents is 1. The van der Waals surface area contributed by atoms with E-state index in [1.165, 1.54) is 52.3 Å². The van der Waals surface area contributed by atoms with Crippen LogP contribution in [0.4, 0.5) is 17.3 Å². The van der Waals surface area contributed by atoms with Crippen molar-refractivity contribution < 1.29 is 28.7 Å². The second kappa shape index (κ2) is 13.0. The molecular formula is C30H30N6O7S. The number of ether oxygens (including phenoxy) is 4. The SMILES string of the molecule is COc1ccccc1NC(=O)C1=C(C)Nc2nc(SCc3ccc([N+](=O)[O-])cc3)nn2C1c1cc(OC)c(OC)c(OC)c1. The quantitative estimate of drug-likeness (QED) is 0.126. The van der Waals surface area contributed by atoms with Gasteiger partial charge in [-0.05, 0) is 42.3 Å². The van der Waals surface area contributed by atoms with Gasteiger partial charge in [0, 0.05) is 23.6 Å². The molecule has 0 saturated carbocycles. The Kier molecular flexibility index (Phi) is 8.90. The summed E-state index contributed by atoms with van der Waals surface area (Å²) in [5, 5.41) is 22.4. The Labute approximate surface area is 257 Å². The molecule has 0 radical (unpaired) electrons. The monoisotopic (exact) mass is 618 g/mol. The van der Waals surface area contributed by atoms with E-state index in [0.29, 0.717) is 62.4 Å². The Morgan fingerprint density at radius 1 is 1.00 bits per heavy atom. The Bertz CT molecular complexity index is 1710. The lowest BCUT2D eigenvalue weighted by atomic mass is 9.94. The maximum absolute atomic E-state index is 14.0. The molecule has 14 heteroatoms.